The second-order valence-electron chi connectivity index (χ2n) is 6.39. The molecule has 26 heavy (non-hydrogen) atoms. The van der Waals surface area contributed by atoms with E-state index in [4.69, 9.17) is 4.74 Å². The Morgan fingerprint density at radius 1 is 1.23 bits per heavy atom. The standard InChI is InChI=1S/C14H15F3N2O6S/c1-13(2,3)25-12(22)19-8-6-7(14(15,16)17)4-5-9(8)26(23,24)18-10(19)11(20)21/h4-6,10,18H,1-3H3,(H,20,21). The van der Waals surface area contributed by atoms with E-state index in [0.29, 0.717) is 23.1 Å². The highest BCUT2D eigenvalue weighted by Gasteiger charge is 2.45. The molecule has 1 aliphatic rings. The third-order valence-corrected chi connectivity index (χ3v) is 4.64. The fourth-order valence-corrected chi connectivity index (χ4v) is 3.49. The minimum absolute atomic E-state index is 0.333. The van der Waals surface area contributed by atoms with Crippen molar-refractivity contribution in [1.82, 2.24) is 4.72 Å². The van der Waals surface area contributed by atoms with E-state index in [1.807, 2.05) is 0 Å². The maximum absolute atomic E-state index is 13.0. The van der Waals surface area contributed by atoms with Crippen LogP contribution in [0.5, 0.6) is 0 Å². The topological polar surface area (TPSA) is 113 Å². The molecule has 1 heterocycles. The molecular weight excluding hydrogens is 381 g/mol. The minimum Gasteiger partial charge on any atom is -0.479 e. The molecule has 1 unspecified atom stereocenters. The molecule has 0 radical (unpaired) electrons. The monoisotopic (exact) mass is 396 g/mol. The van der Waals surface area contributed by atoms with Crippen LogP contribution < -0.4 is 9.62 Å². The molecule has 2 N–H and O–H groups in total. The van der Waals surface area contributed by atoms with E-state index in [2.05, 4.69) is 0 Å². The van der Waals surface area contributed by atoms with Crippen LogP contribution in [0, 0.1) is 0 Å². The zero-order valence-corrected chi connectivity index (χ0v) is 14.6. The highest BCUT2D eigenvalue weighted by molar-refractivity contribution is 7.89. The van der Waals surface area contributed by atoms with Crippen molar-refractivity contribution in [3.8, 4) is 0 Å². The lowest BCUT2D eigenvalue weighted by atomic mass is 10.1. The molecule has 1 aromatic rings. The van der Waals surface area contributed by atoms with Gasteiger partial charge in [-0.2, -0.15) is 17.9 Å². The number of carbonyl (C=O) groups excluding carboxylic acids is 1. The van der Waals surface area contributed by atoms with Crippen molar-refractivity contribution >= 4 is 27.8 Å². The minimum atomic E-state index is -4.83. The van der Waals surface area contributed by atoms with Gasteiger partial charge in [0, 0.05) is 0 Å². The van der Waals surface area contributed by atoms with E-state index in [0.717, 1.165) is 0 Å². The van der Waals surface area contributed by atoms with Gasteiger partial charge in [-0.3, -0.25) is 0 Å². The Hall–Kier alpha value is -2.34. The van der Waals surface area contributed by atoms with E-state index >= 15 is 0 Å². The summed E-state index contributed by atoms with van der Waals surface area (Å²) in [5, 5.41) is 9.24. The van der Waals surface area contributed by atoms with Crippen LogP contribution in [0.1, 0.15) is 26.3 Å². The van der Waals surface area contributed by atoms with Crippen molar-refractivity contribution in [3.63, 3.8) is 0 Å². The molecule has 1 aromatic carbocycles. The quantitative estimate of drug-likeness (QED) is 0.752. The molecule has 0 saturated carbocycles. The van der Waals surface area contributed by atoms with Crippen molar-refractivity contribution in [2.75, 3.05) is 4.90 Å². The zero-order valence-electron chi connectivity index (χ0n) is 13.8. The van der Waals surface area contributed by atoms with Crippen molar-refractivity contribution < 1.29 is 41.0 Å². The number of amides is 1. The maximum atomic E-state index is 13.0. The van der Waals surface area contributed by atoms with Gasteiger partial charge in [0.25, 0.3) is 0 Å². The maximum Gasteiger partial charge on any atom is 0.416 e. The number of halogens is 3. The molecule has 8 nitrogen and oxygen atoms in total. The number of carbonyl (C=O) groups is 2. The van der Waals surface area contributed by atoms with E-state index in [1.165, 1.54) is 20.8 Å². The van der Waals surface area contributed by atoms with Gasteiger partial charge < -0.3 is 9.84 Å². The normalized spacial score (nSPS) is 19.6. The molecular formula is C14H15F3N2O6S. The summed E-state index contributed by atoms with van der Waals surface area (Å²) in [6.07, 6.45) is -8.30. The Balaban J connectivity index is 2.71. The molecule has 12 heteroatoms. The van der Waals surface area contributed by atoms with Crippen LogP contribution in [0.4, 0.5) is 23.7 Å². The van der Waals surface area contributed by atoms with Crippen molar-refractivity contribution in [2.45, 2.75) is 43.6 Å². The summed E-state index contributed by atoms with van der Waals surface area (Å²) in [6, 6.07) is 1.57. The predicted octanol–water partition coefficient (Wildman–Crippen LogP) is 2.15. The van der Waals surface area contributed by atoms with Gasteiger partial charge in [-0.05, 0) is 39.0 Å². The van der Waals surface area contributed by atoms with Crippen molar-refractivity contribution in [2.24, 2.45) is 0 Å². The second-order valence-corrected chi connectivity index (χ2v) is 8.08. The molecule has 0 spiro atoms. The molecule has 0 fully saturated rings. The fourth-order valence-electron chi connectivity index (χ4n) is 2.19. The van der Waals surface area contributed by atoms with Gasteiger partial charge in [-0.15, -0.1) is 0 Å². The second kappa shape index (κ2) is 6.13. The number of hydrogen-bond acceptors (Lipinski definition) is 5. The Bertz CT molecular complexity index is 860. The molecule has 144 valence electrons. The Labute approximate surface area is 146 Å². The average Bonchev–Trinajstić information content (AvgIpc) is 2.42. The number of carboxylic acids is 1. The predicted molar refractivity (Wildman–Crippen MR) is 81.9 cm³/mol. The Morgan fingerprint density at radius 2 is 1.81 bits per heavy atom. The van der Waals surface area contributed by atoms with Crippen LogP contribution in [-0.2, 0) is 25.7 Å². The number of nitrogens with zero attached hydrogens (tertiary/aromatic N) is 1. The number of alkyl halides is 3. The first-order valence-electron chi connectivity index (χ1n) is 7.12. The first kappa shape index (κ1) is 20.0. The number of anilines is 1. The number of aliphatic carboxylic acids is 1. The average molecular weight is 396 g/mol. The molecule has 1 amide bonds. The third kappa shape index (κ3) is 3.90. The van der Waals surface area contributed by atoms with Gasteiger partial charge in [0.05, 0.1) is 11.3 Å². The fraction of sp³-hybridized carbons (Fsp3) is 0.429. The molecule has 2 rings (SSSR count). The van der Waals surface area contributed by atoms with Gasteiger partial charge >= 0.3 is 18.2 Å². The SMILES string of the molecule is CC(C)(C)OC(=O)N1c2cc(C(F)(F)F)ccc2S(=O)(=O)NC1C(=O)O. The number of rotatable bonds is 1. The lowest BCUT2D eigenvalue weighted by Gasteiger charge is -2.36. The summed E-state index contributed by atoms with van der Waals surface area (Å²) in [4.78, 5) is 23.5. The lowest BCUT2D eigenvalue weighted by molar-refractivity contribution is -0.139. The molecule has 0 aliphatic carbocycles. The molecule has 0 aromatic heterocycles. The summed E-state index contributed by atoms with van der Waals surface area (Å²) in [5.41, 5.74) is -3.08. The Morgan fingerprint density at radius 3 is 2.27 bits per heavy atom. The van der Waals surface area contributed by atoms with E-state index < -0.39 is 56.2 Å². The van der Waals surface area contributed by atoms with Crippen LogP contribution in [0.3, 0.4) is 0 Å². The Kier molecular flexibility index (Phi) is 4.71. The molecule has 0 saturated heterocycles. The summed E-state index contributed by atoms with van der Waals surface area (Å²) in [5.74, 6) is -1.79. The van der Waals surface area contributed by atoms with Gasteiger partial charge in [-0.1, -0.05) is 0 Å². The molecule has 0 bridgehead atoms. The van der Waals surface area contributed by atoms with Crippen LogP contribution in [-0.4, -0.2) is 37.4 Å². The van der Waals surface area contributed by atoms with Crippen LogP contribution in [0.15, 0.2) is 23.1 Å². The lowest BCUT2D eigenvalue weighted by Crippen LogP contribution is -2.59. The number of fused-ring (bicyclic) bond motifs is 1. The van der Waals surface area contributed by atoms with E-state index in [-0.39, 0.29) is 0 Å². The molecule has 1 aliphatic heterocycles. The van der Waals surface area contributed by atoms with Crippen LogP contribution >= 0.6 is 0 Å². The third-order valence-electron chi connectivity index (χ3n) is 3.18. The number of sulfonamides is 1. The van der Waals surface area contributed by atoms with E-state index in [1.54, 1.807) is 4.72 Å². The number of hydrogen-bond donors (Lipinski definition) is 2. The van der Waals surface area contributed by atoms with Gasteiger partial charge in [0.15, 0.2) is 0 Å². The summed E-state index contributed by atoms with van der Waals surface area (Å²) in [7, 11) is -4.46. The smallest absolute Gasteiger partial charge is 0.416 e. The number of ether oxygens (including phenoxy) is 1. The first-order valence-corrected chi connectivity index (χ1v) is 8.60. The van der Waals surface area contributed by atoms with Crippen molar-refractivity contribution in [3.05, 3.63) is 23.8 Å². The number of carboxylic acid groups (broad SMARTS) is 1. The van der Waals surface area contributed by atoms with Crippen LogP contribution in [0.2, 0.25) is 0 Å². The molecule has 1 atom stereocenters. The summed E-state index contributed by atoms with van der Waals surface area (Å²) < 4.78 is 70.1. The zero-order chi connectivity index (χ0) is 20.1. The van der Waals surface area contributed by atoms with Gasteiger partial charge in [-0.25, -0.2) is 22.9 Å². The summed E-state index contributed by atoms with van der Waals surface area (Å²) >= 11 is 0. The number of benzene rings is 1. The summed E-state index contributed by atoms with van der Waals surface area (Å²) in [6.45, 7) is 4.38. The van der Waals surface area contributed by atoms with Gasteiger partial charge in [0.1, 0.15) is 10.5 Å². The van der Waals surface area contributed by atoms with E-state index in [9.17, 15) is 36.3 Å². The highest BCUT2D eigenvalue weighted by atomic mass is 32.2. The largest absolute Gasteiger partial charge is 0.479 e. The van der Waals surface area contributed by atoms with Crippen LogP contribution in [0.25, 0.3) is 0 Å². The van der Waals surface area contributed by atoms with Crippen molar-refractivity contribution in [1.29, 1.82) is 0 Å². The first-order chi connectivity index (χ1) is 11.6. The highest BCUT2D eigenvalue weighted by Crippen LogP contribution is 2.38. The van der Waals surface area contributed by atoms with Gasteiger partial charge in [0.2, 0.25) is 16.2 Å². The number of nitrogens with one attached hydrogen (secondary N) is 1.